The molecule has 96 heavy (non-hydrogen) atoms. The van der Waals surface area contributed by atoms with Crippen LogP contribution in [0.4, 0.5) is 0 Å². The van der Waals surface area contributed by atoms with Crippen LogP contribution in [0.15, 0.2) is 292 Å². The molecule has 0 aliphatic heterocycles. The Morgan fingerprint density at radius 1 is 0.167 bits per heavy atom. The van der Waals surface area contributed by atoms with E-state index >= 15 is 0 Å². The summed E-state index contributed by atoms with van der Waals surface area (Å²) in [6, 6.07) is 0. The summed E-state index contributed by atoms with van der Waals surface area (Å²) in [7, 11) is 0. The first-order valence-corrected chi connectivity index (χ1v) is 36.1. The first-order chi connectivity index (χ1) is 46.8. The maximum Gasteiger partial charge on any atom is 0.0758 e. The fourth-order valence-corrected chi connectivity index (χ4v) is 7.46. The minimum Gasteiger partial charge on any atom is -0.389 e. The summed E-state index contributed by atoms with van der Waals surface area (Å²) in [5.74, 6) is 0. The number of allylic oxidation sites excluding steroid dienone is 32. The van der Waals surface area contributed by atoms with Crippen LogP contribution < -0.4 is 0 Å². The molecule has 0 spiro atoms. The molecule has 8 N–H and O–H groups in total. The molecule has 0 unspecified atom stereocenters. The number of rotatable bonds is 52. The van der Waals surface area contributed by atoms with Crippen molar-refractivity contribution in [2.24, 2.45) is 0 Å². The SMILES string of the molecule is CC/C=C\C/C=C\C[C@H](O)\C=C/C=C/C=C/[C@@H](O)C/C=C\CCC.CC/C=C\C/C=C\C[C@H](O)\C=C/C=C/C=C/[C@H](O)C/C=C\CCC.CC/C=C\C/C=C\C[C@H](O)\C=C/C=C/C=C/[C@H](O)C/C=C\CCC.CC/C=C\C/C=C\C[C@H](O)\C=C/C=C/C=C/[C@H](O)C/C=C\CCC. The Morgan fingerprint density at radius 2 is 0.302 bits per heavy atom. The molecule has 0 aromatic rings. The minimum absolute atomic E-state index is 0.441. The highest BCUT2D eigenvalue weighted by atomic mass is 16.3. The van der Waals surface area contributed by atoms with E-state index in [1.165, 1.54) is 0 Å². The van der Waals surface area contributed by atoms with Crippen molar-refractivity contribution < 1.29 is 40.9 Å². The largest absolute Gasteiger partial charge is 0.389 e. The summed E-state index contributed by atoms with van der Waals surface area (Å²) >= 11 is 0. The van der Waals surface area contributed by atoms with Crippen LogP contribution in [0.2, 0.25) is 0 Å². The maximum atomic E-state index is 9.78. The Kier molecular flexibility index (Phi) is 84.4. The first kappa shape index (κ1) is 95.8. The third-order valence-corrected chi connectivity index (χ3v) is 12.9. The molecule has 0 bridgehead atoms. The lowest BCUT2D eigenvalue weighted by molar-refractivity contribution is 0.226. The van der Waals surface area contributed by atoms with Crippen molar-refractivity contribution in [2.45, 2.75) is 258 Å². The van der Waals surface area contributed by atoms with Crippen LogP contribution >= 0.6 is 0 Å². The lowest BCUT2D eigenvalue weighted by atomic mass is 10.2. The molecule has 0 aliphatic rings. The van der Waals surface area contributed by atoms with Crippen molar-refractivity contribution in [3.63, 3.8) is 0 Å². The van der Waals surface area contributed by atoms with E-state index in [2.05, 4.69) is 153 Å². The third kappa shape index (κ3) is 89.5. The summed E-state index contributed by atoms with van der Waals surface area (Å²) in [5, 5.41) is 78.0. The summed E-state index contributed by atoms with van der Waals surface area (Å²) in [6.07, 6.45) is 112. The quantitative estimate of drug-likeness (QED) is 0.0221. The smallest absolute Gasteiger partial charge is 0.0758 e. The van der Waals surface area contributed by atoms with Crippen molar-refractivity contribution in [1.82, 2.24) is 0 Å². The van der Waals surface area contributed by atoms with E-state index in [4.69, 9.17) is 0 Å². The van der Waals surface area contributed by atoms with Crippen LogP contribution in [0, 0.1) is 0 Å². The van der Waals surface area contributed by atoms with Crippen LogP contribution in [-0.4, -0.2) is 89.7 Å². The molecule has 0 aromatic heterocycles. The van der Waals surface area contributed by atoms with Gasteiger partial charge in [0.2, 0.25) is 0 Å². The van der Waals surface area contributed by atoms with Gasteiger partial charge in [0.25, 0.3) is 0 Å². The van der Waals surface area contributed by atoms with Gasteiger partial charge in [-0.1, -0.05) is 373 Å². The summed E-state index contributed by atoms with van der Waals surface area (Å²) in [5.41, 5.74) is 0. The number of hydrogen-bond acceptors (Lipinski definition) is 8. The van der Waals surface area contributed by atoms with E-state index in [0.29, 0.717) is 51.4 Å². The molecular formula is C88H136O8. The molecule has 0 amide bonds. The van der Waals surface area contributed by atoms with E-state index < -0.39 is 48.8 Å². The van der Waals surface area contributed by atoms with Gasteiger partial charge in [0.05, 0.1) is 48.8 Å². The van der Waals surface area contributed by atoms with E-state index in [1.54, 1.807) is 48.6 Å². The highest BCUT2D eigenvalue weighted by Gasteiger charge is 1.99. The standard InChI is InChI=1S/4C22H34O2/c4*1-3-5-7-9-10-14-18-22(24)20-16-12-11-15-19-21(23)17-13-8-6-4-2/h4*5,7-8,10-16,19-24H,3-4,6,9,17-18H2,1-2H3/b4*7-5-,12-11+,13-8-,14-10-,19-15+,20-16-/t3*21-,22+;21-,22-/m1110/s1. The van der Waals surface area contributed by atoms with Gasteiger partial charge >= 0.3 is 0 Å². The highest BCUT2D eigenvalue weighted by Crippen LogP contribution is 2.06. The van der Waals surface area contributed by atoms with Gasteiger partial charge in [-0.2, -0.15) is 0 Å². The van der Waals surface area contributed by atoms with Gasteiger partial charge < -0.3 is 40.9 Å². The number of aliphatic hydroxyl groups excluding tert-OH is 8. The first-order valence-electron chi connectivity index (χ1n) is 36.1. The third-order valence-electron chi connectivity index (χ3n) is 12.9. The molecule has 0 saturated heterocycles. The molecule has 8 heteroatoms. The second-order valence-electron chi connectivity index (χ2n) is 22.4. The topological polar surface area (TPSA) is 162 Å². The van der Waals surface area contributed by atoms with Crippen molar-refractivity contribution >= 4 is 0 Å². The van der Waals surface area contributed by atoms with E-state index in [1.807, 2.05) is 146 Å². The van der Waals surface area contributed by atoms with Crippen molar-refractivity contribution in [1.29, 1.82) is 0 Å². The lowest BCUT2D eigenvalue weighted by Crippen LogP contribution is -1.98. The predicted octanol–water partition coefficient (Wildman–Crippen LogP) is 21.7. The molecule has 0 radical (unpaired) electrons. The average molecular weight is 1320 g/mol. The van der Waals surface area contributed by atoms with Crippen molar-refractivity contribution in [2.75, 3.05) is 0 Å². The Morgan fingerprint density at radius 3 is 0.438 bits per heavy atom. The maximum absolute atomic E-state index is 9.78. The van der Waals surface area contributed by atoms with Crippen molar-refractivity contribution in [3.8, 4) is 0 Å². The summed E-state index contributed by atoms with van der Waals surface area (Å²) < 4.78 is 0. The van der Waals surface area contributed by atoms with E-state index in [9.17, 15) is 40.9 Å². The Balaban J connectivity index is -0.000000588. The normalized spacial score (nSPS) is 16.0. The van der Waals surface area contributed by atoms with Crippen LogP contribution in [0.3, 0.4) is 0 Å². The second kappa shape index (κ2) is 84.5. The molecule has 0 saturated carbocycles. The molecule has 0 aromatic carbocycles. The fourth-order valence-electron chi connectivity index (χ4n) is 7.46. The van der Waals surface area contributed by atoms with Crippen LogP contribution in [-0.2, 0) is 0 Å². The van der Waals surface area contributed by atoms with Gasteiger partial charge in [-0.15, -0.1) is 0 Å². The zero-order chi connectivity index (χ0) is 71.5. The van der Waals surface area contributed by atoms with Crippen LogP contribution in [0.1, 0.15) is 209 Å². The van der Waals surface area contributed by atoms with E-state index in [0.717, 1.165) is 103 Å². The van der Waals surface area contributed by atoms with Gasteiger partial charge in [0, 0.05) is 0 Å². The summed E-state index contributed by atoms with van der Waals surface area (Å²) in [6.45, 7) is 17.0. The molecule has 0 rings (SSSR count). The number of aliphatic hydroxyl groups is 8. The second-order valence-corrected chi connectivity index (χ2v) is 22.4. The lowest BCUT2D eigenvalue weighted by Gasteiger charge is -1.99. The van der Waals surface area contributed by atoms with Gasteiger partial charge in [0.15, 0.2) is 0 Å². The summed E-state index contributed by atoms with van der Waals surface area (Å²) in [4.78, 5) is 0. The molecule has 8 nitrogen and oxygen atoms in total. The monoisotopic (exact) mass is 1320 g/mol. The van der Waals surface area contributed by atoms with Gasteiger partial charge in [0.1, 0.15) is 0 Å². The predicted molar refractivity (Wildman–Crippen MR) is 424 cm³/mol. The molecule has 0 aliphatic carbocycles. The van der Waals surface area contributed by atoms with Gasteiger partial charge in [-0.25, -0.2) is 0 Å². The molecule has 0 fully saturated rings. The van der Waals surface area contributed by atoms with Gasteiger partial charge in [-0.3, -0.25) is 0 Å². The molecule has 8 atom stereocenters. The number of hydrogen-bond donors (Lipinski definition) is 8. The zero-order valence-corrected chi connectivity index (χ0v) is 60.9. The minimum atomic E-state index is -0.459. The van der Waals surface area contributed by atoms with Gasteiger partial charge in [-0.05, 0) is 128 Å². The fraction of sp³-hybridized carbons (Fsp3) is 0.455. The highest BCUT2D eigenvalue weighted by molar-refractivity contribution is 5.17. The Bertz CT molecular complexity index is 2090. The Hall–Kier alpha value is -6.56. The van der Waals surface area contributed by atoms with Crippen LogP contribution in [0.5, 0.6) is 0 Å². The van der Waals surface area contributed by atoms with Crippen molar-refractivity contribution in [3.05, 3.63) is 292 Å². The molecule has 0 heterocycles. The van der Waals surface area contributed by atoms with E-state index in [-0.39, 0.29) is 0 Å². The Labute approximate surface area is 587 Å². The molecule has 536 valence electrons. The zero-order valence-electron chi connectivity index (χ0n) is 60.9. The molecular weight excluding hydrogens is 1180 g/mol. The van der Waals surface area contributed by atoms with Crippen LogP contribution in [0.25, 0.3) is 0 Å². The average Bonchev–Trinajstić information content (AvgIpc) is 3.66. The number of unbranched alkanes of at least 4 members (excludes halogenated alkanes) is 4.